The topological polar surface area (TPSA) is 92.4 Å². The second kappa shape index (κ2) is 5.34. The number of halogens is 1. The van der Waals surface area contributed by atoms with E-state index in [0.29, 0.717) is 22.7 Å². The molecule has 0 unspecified atom stereocenters. The van der Waals surface area contributed by atoms with E-state index in [0.717, 1.165) is 0 Å². The van der Waals surface area contributed by atoms with Crippen molar-refractivity contribution in [3.05, 3.63) is 45.8 Å². The third-order valence-electron chi connectivity index (χ3n) is 2.72. The summed E-state index contributed by atoms with van der Waals surface area (Å²) in [6, 6.07) is 4.17. The minimum absolute atomic E-state index is 0.0259. The van der Waals surface area contributed by atoms with Crippen molar-refractivity contribution >= 4 is 29.2 Å². The van der Waals surface area contributed by atoms with Gasteiger partial charge in [0.1, 0.15) is 11.3 Å². The maximum atomic E-state index is 12.1. The molecule has 0 atom stereocenters. The smallest absolute Gasteiger partial charge is 0.337 e. The number of nitrogens with zero attached hydrogens (tertiary/aromatic N) is 1. The van der Waals surface area contributed by atoms with E-state index in [4.69, 9.17) is 21.2 Å². The predicted octanol–water partition coefficient (Wildman–Crippen LogP) is 2.90. The zero-order valence-corrected chi connectivity index (χ0v) is 11.5. The number of carbonyl (C=O) groups is 2. The van der Waals surface area contributed by atoms with Gasteiger partial charge in [-0.15, -0.1) is 0 Å². The van der Waals surface area contributed by atoms with Crippen LogP contribution in [0.25, 0.3) is 0 Å². The number of aromatic nitrogens is 1. The quantitative estimate of drug-likeness (QED) is 0.908. The first-order valence-corrected chi connectivity index (χ1v) is 6.05. The SMILES string of the molecule is Cc1noc(C)c1C(=O)Nc1ccc(C(=O)O)c(Cl)c1. The van der Waals surface area contributed by atoms with E-state index < -0.39 is 5.97 Å². The van der Waals surface area contributed by atoms with Crippen molar-refractivity contribution in [2.75, 3.05) is 5.32 Å². The largest absolute Gasteiger partial charge is 0.478 e. The van der Waals surface area contributed by atoms with Crippen LogP contribution in [0.1, 0.15) is 32.2 Å². The molecule has 0 radical (unpaired) electrons. The van der Waals surface area contributed by atoms with Crippen molar-refractivity contribution in [1.82, 2.24) is 5.16 Å². The number of hydrogen-bond donors (Lipinski definition) is 2. The van der Waals surface area contributed by atoms with Crippen molar-refractivity contribution < 1.29 is 19.2 Å². The molecular formula is C13H11ClN2O4. The van der Waals surface area contributed by atoms with Gasteiger partial charge >= 0.3 is 5.97 Å². The lowest BCUT2D eigenvalue weighted by Gasteiger charge is -2.06. The van der Waals surface area contributed by atoms with Gasteiger partial charge in [0.2, 0.25) is 0 Å². The fourth-order valence-corrected chi connectivity index (χ4v) is 2.03. The minimum atomic E-state index is -1.13. The summed E-state index contributed by atoms with van der Waals surface area (Å²) in [5, 5.41) is 15.2. The number of carboxylic acid groups (broad SMARTS) is 1. The van der Waals surface area contributed by atoms with Crippen LogP contribution in [0.5, 0.6) is 0 Å². The number of benzene rings is 1. The fraction of sp³-hybridized carbons (Fsp3) is 0.154. The molecule has 0 bridgehead atoms. The minimum Gasteiger partial charge on any atom is -0.478 e. The van der Waals surface area contributed by atoms with E-state index in [1.165, 1.54) is 18.2 Å². The molecule has 0 saturated heterocycles. The Bertz CT molecular complexity index is 674. The molecule has 1 aromatic heterocycles. The molecule has 0 aliphatic rings. The lowest BCUT2D eigenvalue weighted by molar-refractivity contribution is 0.0697. The molecule has 2 N–H and O–H groups in total. The number of rotatable bonds is 3. The summed E-state index contributed by atoms with van der Waals surface area (Å²) in [7, 11) is 0. The molecular weight excluding hydrogens is 284 g/mol. The van der Waals surface area contributed by atoms with Crippen molar-refractivity contribution in [3.8, 4) is 0 Å². The summed E-state index contributed by atoms with van der Waals surface area (Å²) in [5.41, 5.74) is 1.20. The summed E-state index contributed by atoms with van der Waals surface area (Å²) in [4.78, 5) is 22.9. The molecule has 0 aliphatic heterocycles. The van der Waals surface area contributed by atoms with Crippen LogP contribution < -0.4 is 5.32 Å². The van der Waals surface area contributed by atoms with Crippen LogP contribution >= 0.6 is 11.6 Å². The highest BCUT2D eigenvalue weighted by atomic mass is 35.5. The summed E-state index contributed by atoms with van der Waals surface area (Å²) in [6.45, 7) is 3.29. The standard InChI is InChI=1S/C13H11ClN2O4/c1-6-11(7(2)20-16-6)12(17)15-8-3-4-9(13(18)19)10(14)5-8/h3-5H,1-2H3,(H,15,17)(H,18,19). The molecule has 1 aromatic carbocycles. The van der Waals surface area contributed by atoms with Gasteiger partial charge in [-0.3, -0.25) is 4.79 Å². The number of carbonyl (C=O) groups excluding carboxylic acids is 1. The third kappa shape index (κ3) is 2.65. The highest BCUT2D eigenvalue weighted by Crippen LogP contribution is 2.22. The molecule has 1 heterocycles. The Morgan fingerprint density at radius 1 is 1.35 bits per heavy atom. The molecule has 20 heavy (non-hydrogen) atoms. The van der Waals surface area contributed by atoms with Crippen LogP contribution in [-0.2, 0) is 0 Å². The number of aryl methyl sites for hydroxylation is 2. The predicted molar refractivity (Wildman–Crippen MR) is 72.3 cm³/mol. The number of nitrogens with one attached hydrogen (secondary N) is 1. The Morgan fingerprint density at radius 2 is 2.05 bits per heavy atom. The highest BCUT2D eigenvalue weighted by Gasteiger charge is 2.18. The Labute approximate surface area is 119 Å². The number of carboxylic acids is 1. The molecule has 104 valence electrons. The summed E-state index contributed by atoms with van der Waals surface area (Å²) in [5.74, 6) is -1.10. The molecule has 7 heteroatoms. The summed E-state index contributed by atoms with van der Waals surface area (Å²) < 4.78 is 4.91. The second-order valence-electron chi connectivity index (χ2n) is 4.15. The Balaban J connectivity index is 2.25. The molecule has 0 spiro atoms. The van der Waals surface area contributed by atoms with E-state index in [2.05, 4.69) is 10.5 Å². The van der Waals surface area contributed by atoms with E-state index in [1.807, 2.05) is 0 Å². The normalized spacial score (nSPS) is 10.3. The first-order valence-electron chi connectivity index (χ1n) is 5.67. The highest BCUT2D eigenvalue weighted by molar-refractivity contribution is 6.33. The maximum Gasteiger partial charge on any atom is 0.337 e. The second-order valence-corrected chi connectivity index (χ2v) is 4.56. The molecule has 2 rings (SSSR count). The lowest BCUT2D eigenvalue weighted by atomic mass is 10.1. The summed E-state index contributed by atoms with van der Waals surface area (Å²) >= 11 is 5.83. The fourth-order valence-electron chi connectivity index (χ4n) is 1.77. The first-order chi connectivity index (χ1) is 9.40. The molecule has 1 amide bonds. The Morgan fingerprint density at radius 3 is 2.55 bits per heavy atom. The van der Waals surface area contributed by atoms with Crippen LogP contribution in [0.3, 0.4) is 0 Å². The Kier molecular flexibility index (Phi) is 3.76. The number of hydrogen-bond acceptors (Lipinski definition) is 4. The van der Waals surface area contributed by atoms with Crippen molar-refractivity contribution in [3.63, 3.8) is 0 Å². The first kappa shape index (κ1) is 14.1. The van der Waals surface area contributed by atoms with E-state index >= 15 is 0 Å². The Hall–Kier alpha value is -2.34. The average molecular weight is 295 g/mol. The zero-order chi connectivity index (χ0) is 14.9. The van der Waals surface area contributed by atoms with Crippen LogP contribution in [-0.4, -0.2) is 22.1 Å². The van der Waals surface area contributed by atoms with E-state index in [9.17, 15) is 9.59 Å². The van der Waals surface area contributed by atoms with Crippen molar-refractivity contribution in [2.24, 2.45) is 0 Å². The molecule has 0 saturated carbocycles. The van der Waals surface area contributed by atoms with Gasteiger partial charge in [-0.1, -0.05) is 16.8 Å². The maximum absolute atomic E-state index is 12.1. The van der Waals surface area contributed by atoms with Crippen molar-refractivity contribution in [2.45, 2.75) is 13.8 Å². The molecule has 0 fully saturated rings. The average Bonchev–Trinajstić information content (AvgIpc) is 2.68. The number of aromatic carboxylic acids is 1. The molecule has 2 aromatic rings. The van der Waals surface area contributed by atoms with Crippen LogP contribution in [0.4, 0.5) is 5.69 Å². The van der Waals surface area contributed by atoms with Gasteiger partial charge in [-0.25, -0.2) is 4.79 Å². The van der Waals surface area contributed by atoms with Crippen LogP contribution in [0.15, 0.2) is 22.7 Å². The zero-order valence-electron chi connectivity index (χ0n) is 10.7. The van der Waals surface area contributed by atoms with Gasteiger partial charge in [0.25, 0.3) is 5.91 Å². The van der Waals surface area contributed by atoms with Gasteiger partial charge in [0, 0.05) is 5.69 Å². The van der Waals surface area contributed by atoms with Gasteiger partial charge < -0.3 is 14.9 Å². The summed E-state index contributed by atoms with van der Waals surface area (Å²) in [6.07, 6.45) is 0. The van der Waals surface area contributed by atoms with Crippen molar-refractivity contribution in [1.29, 1.82) is 0 Å². The van der Waals surface area contributed by atoms with Gasteiger partial charge in [-0.05, 0) is 32.0 Å². The molecule has 6 nitrogen and oxygen atoms in total. The van der Waals surface area contributed by atoms with E-state index in [1.54, 1.807) is 13.8 Å². The van der Waals surface area contributed by atoms with Crippen LogP contribution in [0.2, 0.25) is 5.02 Å². The van der Waals surface area contributed by atoms with Gasteiger partial charge in [0.15, 0.2) is 0 Å². The molecule has 0 aliphatic carbocycles. The number of amides is 1. The van der Waals surface area contributed by atoms with Gasteiger partial charge in [0.05, 0.1) is 16.3 Å². The number of anilines is 1. The van der Waals surface area contributed by atoms with E-state index in [-0.39, 0.29) is 16.5 Å². The lowest BCUT2D eigenvalue weighted by Crippen LogP contribution is -2.13. The van der Waals surface area contributed by atoms with Gasteiger partial charge in [-0.2, -0.15) is 0 Å². The van der Waals surface area contributed by atoms with Crippen LogP contribution in [0, 0.1) is 13.8 Å². The third-order valence-corrected chi connectivity index (χ3v) is 3.03. The monoisotopic (exact) mass is 294 g/mol.